The number of hydrogen-bond acceptors (Lipinski definition) is 4. The van der Waals surface area contributed by atoms with E-state index in [1.165, 1.54) is 5.56 Å². The van der Waals surface area contributed by atoms with Gasteiger partial charge in [-0.15, -0.1) is 0 Å². The number of nitrogens with two attached hydrogens (primary N) is 1. The van der Waals surface area contributed by atoms with Gasteiger partial charge in [0.1, 0.15) is 5.82 Å². The summed E-state index contributed by atoms with van der Waals surface area (Å²) in [7, 11) is 0. The number of rotatable bonds is 7. The Morgan fingerprint density at radius 1 is 1.19 bits per heavy atom. The minimum Gasteiger partial charge on any atom is -0.396 e. The molecule has 138 valence electrons. The van der Waals surface area contributed by atoms with E-state index in [2.05, 4.69) is 34.1 Å². The predicted octanol–water partition coefficient (Wildman–Crippen LogP) is 2.78. The van der Waals surface area contributed by atoms with E-state index >= 15 is 0 Å². The van der Waals surface area contributed by atoms with E-state index in [-0.39, 0.29) is 12.0 Å². The molecule has 2 aromatic rings. The Bertz CT molecular complexity index is 725. The van der Waals surface area contributed by atoms with Crippen LogP contribution in [0.1, 0.15) is 41.6 Å². The molecule has 0 bridgehead atoms. The number of hydrogen-bond donors (Lipinski definition) is 2. The standard InChI is InChI=1S/C21H27N3O2/c22-20(26)18-8-12-23-19(15-18)24-13-10-21(16-25,11-14-24)9-4-7-17-5-2-1-3-6-17/h1-3,5-6,8,12,15,25H,4,7,9-11,13-14,16H2,(H2,22,26). The van der Waals surface area contributed by atoms with E-state index in [1.807, 2.05) is 6.07 Å². The summed E-state index contributed by atoms with van der Waals surface area (Å²) in [5, 5.41) is 10.0. The lowest BCUT2D eigenvalue weighted by Gasteiger charge is -2.41. The molecule has 1 fully saturated rings. The van der Waals surface area contributed by atoms with E-state index in [4.69, 9.17) is 5.73 Å². The third-order valence-electron chi connectivity index (χ3n) is 5.53. The number of amides is 1. The van der Waals surface area contributed by atoms with Crippen molar-refractivity contribution in [3.63, 3.8) is 0 Å². The van der Waals surface area contributed by atoms with Gasteiger partial charge in [0.05, 0.1) is 0 Å². The average molecular weight is 353 g/mol. The first-order valence-electron chi connectivity index (χ1n) is 9.27. The summed E-state index contributed by atoms with van der Waals surface area (Å²) in [6.07, 6.45) is 6.65. The highest BCUT2D eigenvalue weighted by Crippen LogP contribution is 2.37. The molecule has 1 amide bonds. The molecule has 0 unspecified atom stereocenters. The van der Waals surface area contributed by atoms with Crippen LogP contribution in [0.2, 0.25) is 0 Å². The molecule has 5 heteroatoms. The number of aliphatic hydroxyl groups is 1. The normalized spacial score (nSPS) is 16.4. The molecule has 26 heavy (non-hydrogen) atoms. The van der Waals surface area contributed by atoms with Gasteiger partial charge >= 0.3 is 0 Å². The quantitative estimate of drug-likeness (QED) is 0.802. The van der Waals surface area contributed by atoms with Gasteiger partial charge in [0, 0.05) is 31.5 Å². The van der Waals surface area contributed by atoms with Crippen molar-refractivity contribution in [2.45, 2.75) is 32.1 Å². The van der Waals surface area contributed by atoms with Crippen LogP contribution in [0, 0.1) is 5.41 Å². The highest BCUT2D eigenvalue weighted by Gasteiger charge is 2.34. The molecule has 2 heterocycles. The van der Waals surface area contributed by atoms with E-state index in [0.717, 1.165) is 51.0 Å². The van der Waals surface area contributed by atoms with E-state index in [0.29, 0.717) is 5.56 Å². The maximum atomic E-state index is 11.4. The first-order valence-corrected chi connectivity index (χ1v) is 9.27. The van der Waals surface area contributed by atoms with Gasteiger partial charge in [-0.25, -0.2) is 4.98 Å². The summed E-state index contributed by atoms with van der Waals surface area (Å²) < 4.78 is 0. The van der Waals surface area contributed by atoms with E-state index in [1.54, 1.807) is 18.3 Å². The van der Waals surface area contributed by atoms with E-state index in [9.17, 15) is 9.90 Å². The van der Waals surface area contributed by atoms with Crippen molar-refractivity contribution in [3.8, 4) is 0 Å². The fraction of sp³-hybridized carbons (Fsp3) is 0.429. The molecule has 1 aliphatic rings. The van der Waals surface area contributed by atoms with Crippen LogP contribution in [0.25, 0.3) is 0 Å². The Morgan fingerprint density at radius 3 is 2.58 bits per heavy atom. The Balaban J connectivity index is 1.56. The topological polar surface area (TPSA) is 79.5 Å². The number of aromatic nitrogens is 1. The number of nitrogens with zero attached hydrogens (tertiary/aromatic N) is 2. The SMILES string of the molecule is NC(=O)c1ccnc(N2CCC(CO)(CCCc3ccccc3)CC2)c1. The highest BCUT2D eigenvalue weighted by atomic mass is 16.3. The molecular weight excluding hydrogens is 326 g/mol. The van der Waals surface area contributed by atoms with Gasteiger partial charge in [-0.2, -0.15) is 0 Å². The summed E-state index contributed by atoms with van der Waals surface area (Å²) in [4.78, 5) is 17.9. The van der Waals surface area contributed by atoms with Gasteiger partial charge in [0.15, 0.2) is 0 Å². The molecule has 1 aromatic carbocycles. The summed E-state index contributed by atoms with van der Waals surface area (Å²) in [6, 6.07) is 13.9. The predicted molar refractivity (Wildman–Crippen MR) is 103 cm³/mol. The fourth-order valence-corrected chi connectivity index (χ4v) is 3.75. The van der Waals surface area contributed by atoms with Crippen LogP contribution < -0.4 is 10.6 Å². The molecule has 1 aromatic heterocycles. The number of benzene rings is 1. The molecule has 0 saturated carbocycles. The Hall–Kier alpha value is -2.40. The Labute approximate surface area is 154 Å². The minimum atomic E-state index is -0.434. The zero-order chi connectivity index (χ0) is 18.4. The molecule has 3 rings (SSSR count). The molecule has 0 spiro atoms. The van der Waals surface area contributed by atoms with Gasteiger partial charge < -0.3 is 15.7 Å². The van der Waals surface area contributed by atoms with Gasteiger partial charge in [0.2, 0.25) is 5.91 Å². The minimum absolute atomic E-state index is 0.00736. The lowest BCUT2D eigenvalue weighted by Crippen LogP contribution is -2.42. The first-order chi connectivity index (χ1) is 12.6. The number of anilines is 1. The molecule has 1 saturated heterocycles. The van der Waals surface area contributed by atoms with Crippen molar-refractivity contribution in [1.29, 1.82) is 0 Å². The van der Waals surface area contributed by atoms with Crippen LogP contribution in [0.5, 0.6) is 0 Å². The second-order valence-corrected chi connectivity index (χ2v) is 7.25. The average Bonchev–Trinajstić information content (AvgIpc) is 2.69. The lowest BCUT2D eigenvalue weighted by atomic mass is 9.75. The number of pyridine rings is 1. The molecule has 0 atom stereocenters. The zero-order valence-corrected chi connectivity index (χ0v) is 15.1. The van der Waals surface area contributed by atoms with Gasteiger partial charge in [0.25, 0.3) is 0 Å². The Morgan fingerprint density at radius 2 is 1.92 bits per heavy atom. The van der Waals surface area contributed by atoms with Crippen LogP contribution >= 0.6 is 0 Å². The summed E-state index contributed by atoms with van der Waals surface area (Å²) in [5.74, 6) is 0.355. The van der Waals surface area contributed by atoms with Gasteiger partial charge in [-0.3, -0.25) is 4.79 Å². The summed E-state index contributed by atoms with van der Waals surface area (Å²) >= 11 is 0. The van der Waals surface area contributed by atoms with Crippen molar-refractivity contribution in [2.75, 3.05) is 24.6 Å². The number of primary amides is 1. The first kappa shape index (κ1) is 18.4. The molecule has 5 nitrogen and oxygen atoms in total. The maximum absolute atomic E-state index is 11.4. The van der Waals surface area contributed by atoms with Crippen LogP contribution in [0.3, 0.4) is 0 Å². The number of carbonyl (C=O) groups excluding carboxylic acids is 1. The van der Waals surface area contributed by atoms with Crippen LogP contribution in [0.4, 0.5) is 5.82 Å². The number of aryl methyl sites for hydroxylation is 1. The lowest BCUT2D eigenvalue weighted by molar-refractivity contribution is 0.0849. The maximum Gasteiger partial charge on any atom is 0.248 e. The molecule has 0 radical (unpaired) electrons. The number of carbonyl (C=O) groups is 1. The molecule has 0 aliphatic carbocycles. The van der Waals surface area contributed by atoms with Crippen molar-refractivity contribution in [3.05, 3.63) is 59.8 Å². The fourth-order valence-electron chi connectivity index (χ4n) is 3.75. The number of piperidine rings is 1. The van der Waals surface area contributed by atoms with Gasteiger partial charge in [-0.1, -0.05) is 30.3 Å². The third kappa shape index (κ3) is 4.41. The third-order valence-corrected chi connectivity index (χ3v) is 5.53. The van der Waals surface area contributed by atoms with Crippen LogP contribution in [-0.4, -0.2) is 35.7 Å². The monoisotopic (exact) mass is 353 g/mol. The van der Waals surface area contributed by atoms with Crippen LogP contribution in [-0.2, 0) is 6.42 Å². The highest BCUT2D eigenvalue weighted by molar-refractivity contribution is 5.93. The molecule has 3 N–H and O–H groups in total. The van der Waals surface area contributed by atoms with Crippen molar-refractivity contribution >= 4 is 11.7 Å². The summed E-state index contributed by atoms with van der Waals surface area (Å²) in [6.45, 7) is 1.90. The smallest absolute Gasteiger partial charge is 0.248 e. The zero-order valence-electron chi connectivity index (χ0n) is 15.1. The van der Waals surface area contributed by atoms with Crippen LogP contribution in [0.15, 0.2) is 48.7 Å². The van der Waals surface area contributed by atoms with E-state index < -0.39 is 5.91 Å². The second-order valence-electron chi connectivity index (χ2n) is 7.25. The van der Waals surface area contributed by atoms with Crippen molar-refractivity contribution in [1.82, 2.24) is 4.98 Å². The van der Waals surface area contributed by atoms with Gasteiger partial charge in [-0.05, 0) is 55.2 Å². The van der Waals surface area contributed by atoms with Crippen molar-refractivity contribution < 1.29 is 9.90 Å². The second kappa shape index (κ2) is 8.32. The van der Waals surface area contributed by atoms with Crippen molar-refractivity contribution in [2.24, 2.45) is 11.1 Å². The summed E-state index contributed by atoms with van der Waals surface area (Å²) in [5.41, 5.74) is 7.19. The molecule has 1 aliphatic heterocycles. The Kier molecular flexibility index (Phi) is 5.89. The number of aliphatic hydroxyl groups excluding tert-OH is 1. The molecular formula is C21H27N3O2. The largest absolute Gasteiger partial charge is 0.396 e.